The van der Waals surface area contributed by atoms with Crippen LogP contribution < -0.4 is 20.3 Å². The highest BCUT2D eigenvalue weighted by atomic mass is 16.5. The maximum atomic E-state index is 13.6. The number of anilines is 2. The van der Waals surface area contributed by atoms with Crippen LogP contribution in [0.4, 0.5) is 16.2 Å². The molecular formula is C24H30N4O3. The van der Waals surface area contributed by atoms with Crippen LogP contribution in [-0.2, 0) is 10.2 Å². The van der Waals surface area contributed by atoms with Crippen molar-refractivity contribution in [1.29, 1.82) is 0 Å². The van der Waals surface area contributed by atoms with Gasteiger partial charge in [-0.1, -0.05) is 24.6 Å². The lowest BCUT2D eigenvalue weighted by molar-refractivity contribution is -0.141. The average Bonchev–Trinajstić information content (AvgIpc) is 2.79. The van der Waals surface area contributed by atoms with E-state index in [0.717, 1.165) is 55.0 Å². The molecule has 0 atom stereocenters. The Morgan fingerprint density at radius 2 is 1.71 bits per heavy atom. The number of ether oxygens (including phenoxy) is 1. The number of rotatable bonds is 5. The van der Waals surface area contributed by atoms with E-state index >= 15 is 0 Å². The molecular weight excluding hydrogens is 392 g/mol. The number of benzene rings is 2. The zero-order chi connectivity index (χ0) is 21.8. The molecule has 1 aliphatic carbocycles. The van der Waals surface area contributed by atoms with Crippen molar-refractivity contribution < 1.29 is 14.3 Å². The smallest absolute Gasteiger partial charge is 0.318 e. The van der Waals surface area contributed by atoms with Crippen molar-refractivity contribution >= 4 is 23.3 Å². The van der Waals surface area contributed by atoms with E-state index in [2.05, 4.69) is 21.6 Å². The van der Waals surface area contributed by atoms with Crippen LogP contribution in [0.2, 0.25) is 0 Å². The number of hydrogen-bond donors (Lipinski definition) is 2. The second-order valence-electron chi connectivity index (χ2n) is 8.20. The molecule has 0 bridgehead atoms. The van der Waals surface area contributed by atoms with Crippen molar-refractivity contribution in [3.63, 3.8) is 0 Å². The van der Waals surface area contributed by atoms with E-state index in [1.165, 1.54) is 0 Å². The highest BCUT2D eigenvalue weighted by molar-refractivity contribution is 5.91. The average molecular weight is 423 g/mol. The second-order valence-corrected chi connectivity index (χ2v) is 8.20. The predicted molar refractivity (Wildman–Crippen MR) is 122 cm³/mol. The second kappa shape index (κ2) is 8.88. The van der Waals surface area contributed by atoms with E-state index in [9.17, 15) is 9.59 Å². The molecule has 0 radical (unpaired) electrons. The standard InChI is InChI=1S/C24H30N4O3/c1-25-23(30)26-19-9-7-18(8-10-19)24(11-4-12-24)22(29)28-15-13-27(14-16-28)20-5-3-6-21(17-20)31-2/h3,5-10,17H,4,11-16H2,1-2H3,(H2,25,26,30). The number of nitrogens with one attached hydrogen (secondary N) is 2. The maximum Gasteiger partial charge on any atom is 0.318 e. The summed E-state index contributed by atoms with van der Waals surface area (Å²) >= 11 is 0. The first-order valence-corrected chi connectivity index (χ1v) is 10.8. The third-order valence-electron chi connectivity index (χ3n) is 6.52. The first-order valence-electron chi connectivity index (χ1n) is 10.8. The Labute approximate surface area is 183 Å². The molecule has 7 nitrogen and oxygen atoms in total. The molecule has 0 spiro atoms. The van der Waals surface area contributed by atoms with Crippen LogP contribution in [-0.4, -0.2) is 57.2 Å². The molecule has 7 heteroatoms. The van der Waals surface area contributed by atoms with E-state index in [4.69, 9.17) is 4.74 Å². The number of methoxy groups -OCH3 is 1. The zero-order valence-electron chi connectivity index (χ0n) is 18.2. The lowest BCUT2D eigenvalue weighted by Gasteiger charge is -2.46. The Kier molecular flexibility index (Phi) is 6.02. The molecule has 1 saturated heterocycles. The SMILES string of the molecule is CNC(=O)Nc1ccc(C2(C(=O)N3CCN(c4cccc(OC)c4)CC3)CCC2)cc1. The molecule has 164 valence electrons. The first-order chi connectivity index (χ1) is 15.1. The van der Waals surface area contributed by atoms with Gasteiger partial charge in [0.15, 0.2) is 0 Å². The van der Waals surface area contributed by atoms with Gasteiger partial charge in [-0.3, -0.25) is 4.79 Å². The van der Waals surface area contributed by atoms with Crippen molar-refractivity contribution in [3.05, 3.63) is 54.1 Å². The van der Waals surface area contributed by atoms with Gasteiger partial charge < -0.3 is 25.2 Å². The molecule has 2 fully saturated rings. The summed E-state index contributed by atoms with van der Waals surface area (Å²) in [4.78, 5) is 29.4. The lowest BCUT2D eigenvalue weighted by Crippen LogP contribution is -2.56. The van der Waals surface area contributed by atoms with Gasteiger partial charge >= 0.3 is 6.03 Å². The highest BCUT2D eigenvalue weighted by Gasteiger charge is 2.48. The maximum absolute atomic E-state index is 13.6. The quantitative estimate of drug-likeness (QED) is 0.776. The van der Waals surface area contributed by atoms with Crippen LogP contribution in [0.5, 0.6) is 5.75 Å². The van der Waals surface area contributed by atoms with Gasteiger partial charge in [-0.25, -0.2) is 4.79 Å². The third kappa shape index (κ3) is 4.17. The molecule has 3 amide bonds. The Bertz CT molecular complexity index is 932. The molecule has 31 heavy (non-hydrogen) atoms. The van der Waals surface area contributed by atoms with E-state index in [-0.39, 0.29) is 11.9 Å². The van der Waals surface area contributed by atoms with Crippen LogP contribution >= 0.6 is 0 Å². The molecule has 2 aliphatic rings. The van der Waals surface area contributed by atoms with Crippen molar-refractivity contribution in [1.82, 2.24) is 10.2 Å². The molecule has 1 aliphatic heterocycles. The van der Waals surface area contributed by atoms with Crippen molar-refractivity contribution in [3.8, 4) is 5.75 Å². The van der Waals surface area contributed by atoms with Gasteiger partial charge in [0.25, 0.3) is 0 Å². The summed E-state index contributed by atoms with van der Waals surface area (Å²) in [7, 11) is 3.26. The fourth-order valence-corrected chi connectivity index (χ4v) is 4.50. The fraction of sp³-hybridized carbons (Fsp3) is 0.417. The van der Waals surface area contributed by atoms with Crippen molar-refractivity contribution in [2.24, 2.45) is 0 Å². The molecule has 0 aromatic heterocycles. The largest absolute Gasteiger partial charge is 0.497 e. The Hall–Kier alpha value is -3.22. The lowest BCUT2D eigenvalue weighted by atomic mass is 9.63. The van der Waals surface area contributed by atoms with Gasteiger partial charge in [-0.15, -0.1) is 0 Å². The van der Waals surface area contributed by atoms with E-state index in [1.54, 1.807) is 14.2 Å². The van der Waals surface area contributed by atoms with Crippen LogP contribution in [0.15, 0.2) is 48.5 Å². The van der Waals surface area contributed by atoms with Crippen LogP contribution in [0.25, 0.3) is 0 Å². The number of piperazine rings is 1. The Morgan fingerprint density at radius 1 is 1.00 bits per heavy atom. The Balaban J connectivity index is 1.43. The van der Waals surface area contributed by atoms with Gasteiger partial charge in [0.2, 0.25) is 5.91 Å². The zero-order valence-corrected chi connectivity index (χ0v) is 18.2. The summed E-state index contributed by atoms with van der Waals surface area (Å²) in [6.07, 6.45) is 2.82. The summed E-state index contributed by atoms with van der Waals surface area (Å²) in [6.45, 7) is 3.05. The molecule has 2 N–H and O–H groups in total. The molecule has 2 aromatic carbocycles. The van der Waals surface area contributed by atoms with Gasteiger partial charge in [0.05, 0.1) is 12.5 Å². The minimum Gasteiger partial charge on any atom is -0.497 e. The van der Waals surface area contributed by atoms with Crippen molar-refractivity contribution in [2.75, 3.05) is 50.6 Å². The number of hydrogen-bond acceptors (Lipinski definition) is 4. The summed E-state index contributed by atoms with van der Waals surface area (Å²) in [5.41, 5.74) is 2.46. The number of carbonyl (C=O) groups is 2. The van der Waals surface area contributed by atoms with Crippen LogP contribution in [0.1, 0.15) is 24.8 Å². The minimum atomic E-state index is -0.427. The van der Waals surface area contributed by atoms with Crippen molar-refractivity contribution in [2.45, 2.75) is 24.7 Å². The van der Waals surface area contributed by atoms with Crippen LogP contribution in [0.3, 0.4) is 0 Å². The molecule has 4 rings (SSSR count). The highest BCUT2D eigenvalue weighted by Crippen LogP contribution is 2.45. The van der Waals surface area contributed by atoms with E-state index in [0.29, 0.717) is 13.1 Å². The van der Waals surface area contributed by atoms with Gasteiger partial charge in [0.1, 0.15) is 5.75 Å². The monoisotopic (exact) mass is 422 g/mol. The molecule has 2 aromatic rings. The molecule has 1 heterocycles. The summed E-state index contributed by atoms with van der Waals surface area (Å²) < 4.78 is 5.34. The third-order valence-corrected chi connectivity index (χ3v) is 6.52. The number of carbonyl (C=O) groups excluding carboxylic acids is 2. The van der Waals surface area contributed by atoms with Gasteiger partial charge in [0, 0.05) is 50.7 Å². The normalized spacial score (nSPS) is 17.5. The molecule has 0 unspecified atom stereocenters. The fourth-order valence-electron chi connectivity index (χ4n) is 4.50. The van der Waals surface area contributed by atoms with E-state index in [1.807, 2.05) is 47.4 Å². The van der Waals surface area contributed by atoms with Gasteiger partial charge in [-0.2, -0.15) is 0 Å². The summed E-state index contributed by atoms with van der Waals surface area (Å²) in [5, 5.41) is 5.31. The number of urea groups is 1. The number of nitrogens with zero attached hydrogens (tertiary/aromatic N) is 2. The molecule has 1 saturated carbocycles. The minimum absolute atomic E-state index is 0.232. The predicted octanol–water partition coefficient (Wildman–Crippen LogP) is 3.22. The first kappa shape index (κ1) is 21.0. The van der Waals surface area contributed by atoms with Gasteiger partial charge in [-0.05, 0) is 42.7 Å². The topological polar surface area (TPSA) is 73.9 Å². The van der Waals surface area contributed by atoms with Crippen LogP contribution in [0, 0.1) is 0 Å². The Morgan fingerprint density at radius 3 is 2.29 bits per heavy atom. The number of amides is 3. The summed E-state index contributed by atoms with van der Waals surface area (Å²) in [6, 6.07) is 15.5. The van der Waals surface area contributed by atoms with E-state index < -0.39 is 5.41 Å². The summed E-state index contributed by atoms with van der Waals surface area (Å²) in [5.74, 6) is 1.08.